The van der Waals surface area contributed by atoms with Crippen molar-refractivity contribution < 1.29 is 4.79 Å². The maximum atomic E-state index is 11.7. The molecule has 0 saturated carbocycles. The van der Waals surface area contributed by atoms with E-state index in [1.165, 1.54) is 22.3 Å². The molecule has 102 valence electrons. The van der Waals surface area contributed by atoms with E-state index in [4.69, 9.17) is 5.26 Å². The predicted molar refractivity (Wildman–Crippen MR) is 76.8 cm³/mol. The third-order valence-corrected chi connectivity index (χ3v) is 3.41. The number of carbonyl (C=O) groups excluding carboxylic acids is 1. The van der Waals surface area contributed by atoms with Gasteiger partial charge in [0, 0.05) is 26.4 Å². The van der Waals surface area contributed by atoms with Crippen molar-refractivity contribution >= 4 is 5.91 Å². The van der Waals surface area contributed by atoms with Gasteiger partial charge in [-0.15, -0.1) is 0 Å². The van der Waals surface area contributed by atoms with Crippen LogP contribution < -0.4 is 0 Å². The Balaban J connectivity index is 2.62. The molecule has 1 amide bonds. The molecule has 0 aliphatic carbocycles. The van der Waals surface area contributed by atoms with Crippen molar-refractivity contribution in [2.24, 2.45) is 0 Å². The van der Waals surface area contributed by atoms with Crippen LogP contribution >= 0.6 is 0 Å². The molecule has 0 heterocycles. The molecule has 0 spiro atoms. The van der Waals surface area contributed by atoms with Crippen molar-refractivity contribution in [3.8, 4) is 6.07 Å². The lowest BCUT2D eigenvalue weighted by molar-refractivity contribution is -0.129. The molecule has 3 nitrogen and oxygen atoms in total. The summed E-state index contributed by atoms with van der Waals surface area (Å²) in [5.41, 5.74) is 5.17. The number of likely N-dealkylation sites (N-methyl/N-ethyl adjacent to an activating group) is 1. The Hall–Kier alpha value is -1.82. The minimum absolute atomic E-state index is 0.0453. The van der Waals surface area contributed by atoms with E-state index in [-0.39, 0.29) is 5.91 Å². The van der Waals surface area contributed by atoms with E-state index in [0.29, 0.717) is 19.4 Å². The highest BCUT2D eigenvalue weighted by molar-refractivity contribution is 5.76. The summed E-state index contributed by atoms with van der Waals surface area (Å²) in [6.45, 7) is 7.04. The van der Waals surface area contributed by atoms with Gasteiger partial charge in [-0.05, 0) is 43.9 Å². The highest BCUT2D eigenvalue weighted by atomic mass is 16.2. The molecule has 0 aliphatic heterocycles. The molecule has 0 radical (unpaired) electrons. The molecule has 3 heteroatoms. The van der Waals surface area contributed by atoms with E-state index < -0.39 is 0 Å². The SMILES string of the molecule is Cc1cc(C)c(CCN(C)C(=O)CCC#N)c(C)c1. The Morgan fingerprint density at radius 1 is 1.26 bits per heavy atom. The summed E-state index contributed by atoms with van der Waals surface area (Å²) in [5, 5.41) is 8.48. The predicted octanol–water partition coefficient (Wildman–Crippen LogP) is 2.92. The van der Waals surface area contributed by atoms with Crippen LogP contribution in [0.3, 0.4) is 0 Å². The Morgan fingerprint density at radius 2 is 1.84 bits per heavy atom. The summed E-state index contributed by atoms with van der Waals surface area (Å²) in [6.07, 6.45) is 1.48. The van der Waals surface area contributed by atoms with Gasteiger partial charge in [0.05, 0.1) is 6.07 Å². The van der Waals surface area contributed by atoms with E-state index in [0.717, 1.165) is 6.42 Å². The van der Waals surface area contributed by atoms with Gasteiger partial charge in [-0.2, -0.15) is 5.26 Å². The van der Waals surface area contributed by atoms with Crippen molar-refractivity contribution in [3.63, 3.8) is 0 Å². The summed E-state index contributed by atoms with van der Waals surface area (Å²) in [7, 11) is 1.80. The number of hydrogen-bond donors (Lipinski definition) is 0. The Morgan fingerprint density at radius 3 is 2.37 bits per heavy atom. The maximum Gasteiger partial charge on any atom is 0.223 e. The fourth-order valence-corrected chi connectivity index (χ4v) is 2.36. The number of nitriles is 1. The van der Waals surface area contributed by atoms with Crippen molar-refractivity contribution in [2.45, 2.75) is 40.0 Å². The van der Waals surface area contributed by atoms with E-state index in [1.807, 2.05) is 6.07 Å². The fourth-order valence-electron chi connectivity index (χ4n) is 2.36. The molecule has 1 rings (SSSR count). The van der Waals surface area contributed by atoms with Crippen molar-refractivity contribution in [2.75, 3.05) is 13.6 Å². The molecule has 0 atom stereocenters. The van der Waals surface area contributed by atoms with E-state index >= 15 is 0 Å². The Labute approximate surface area is 115 Å². The molecule has 0 unspecified atom stereocenters. The second kappa shape index (κ2) is 6.94. The number of hydrogen-bond acceptors (Lipinski definition) is 2. The van der Waals surface area contributed by atoms with Gasteiger partial charge >= 0.3 is 0 Å². The molecule has 0 N–H and O–H groups in total. The lowest BCUT2D eigenvalue weighted by Gasteiger charge is -2.18. The normalized spacial score (nSPS) is 10.1. The van der Waals surface area contributed by atoms with Crippen LogP contribution in [0.2, 0.25) is 0 Å². The monoisotopic (exact) mass is 258 g/mol. The molecular weight excluding hydrogens is 236 g/mol. The first-order valence-electron chi connectivity index (χ1n) is 6.63. The van der Waals surface area contributed by atoms with Gasteiger partial charge < -0.3 is 4.90 Å². The van der Waals surface area contributed by atoms with Crippen LogP contribution in [0.25, 0.3) is 0 Å². The van der Waals surface area contributed by atoms with Crippen LogP contribution in [-0.4, -0.2) is 24.4 Å². The quantitative estimate of drug-likeness (QED) is 0.815. The van der Waals surface area contributed by atoms with Crippen LogP contribution in [0.15, 0.2) is 12.1 Å². The number of aryl methyl sites for hydroxylation is 3. The zero-order chi connectivity index (χ0) is 14.4. The number of amides is 1. The van der Waals surface area contributed by atoms with Crippen molar-refractivity contribution in [1.82, 2.24) is 4.90 Å². The summed E-state index contributed by atoms with van der Waals surface area (Å²) in [5.74, 6) is 0.0453. The molecule has 0 aliphatic rings. The van der Waals surface area contributed by atoms with Gasteiger partial charge in [0.1, 0.15) is 0 Å². The first-order valence-corrected chi connectivity index (χ1v) is 6.63. The smallest absolute Gasteiger partial charge is 0.223 e. The average Bonchev–Trinajstić information content (AvgIpc) is 2.34. The minimum atomic E-state index is 0.0453. The maximum absolute atomic E-state index is 11.7. The van der Waals surface area contributed by atoms with E-state index in [1.54, 1.807) is 11.9 Å². The third-order valence-electron chi connectivity index (χ3n) is 3.41. The number of benzene rings is 1. The lowest BCUT2D eigenvalue weighted by atomic mass is 9.97. The fraction of sp³-hybridized carbons (Fsp3) is 0.500. The van der Waals surface area contributed by atoms with E-state index in [2.05, 4.69) is 32.9 Å². The molecular formula is C16H22N2O. The summed E-state index contributed by atoms with van der Waals surface area (Å²) in [6, 6.07) is 6.37. The molecule has 19 heavy (non-hydrogen) atoms. The summed E-state index contributed by atoms with van der Waals surface area (Å²) >= 11 is 0. The van der Waals surface area contributed by atoms with Crippen LogP contribution in [0.1, 0.15) is 35.1 Å². The van der Waals surface area contributed by atoms with Gasteiger partial charge in [-0.3, -0.25) is 4.79 Å². The average molecular weight is 258 g/mol. The summed E-state index contributed by atoms with van der Waals surface area (Å²) < 4.78 is 0. The van der Waals surface area contributed by atoms with Gasteiger partial charge in [-0.1, -0.05) is 17.7 Å². The van der Waals surface area contributed by atoms with Crippen molar-refractivity contribution in [3.05, 3.63) is 34.4 Å². The first kappa shape index (κ1) is 15.2. The molecule has 1 aromatic rings. The number of rotatable bonds is 5. The second-order valence-corrected chi connectivity index (χ2v) is 5.10. The minimum Gasteiger partial charge on any atom is -0.345 e. The zero-order valence-corrected chi connectivity index (χ0v) is 12.3. The molecule has 1 aromatic carbocycles. The van der Waals surface area contributed by atoms with E-state index in [9.17, 15) is 4.79 Å². The topological polar surface area (TPSA) is 44.1 Å². The third kappa shape index (κ3) is 4.40. The van der Waals surface area contributed by atoms with Crippen LogP contribution in [0.4, 0.5) is 0 Å². The standard InChI is InChI=1S/C16H22N2O/c1-12-10-13(2)15(14(3)11-12)7-9-18(4)16(19)6-5-8-17/h10-11H,5-7,9H2,1-4H3. The van der Waals surface area contributed by atoms with Gasteiger partial charge in [-0.25, -0.2) is 0 Å². The van der Waals surface area contributed by atoms with Gasteiger partial charge in [0.15, 0.2) is 0 Å². The van der Waals surface area contributed by atoms with Gasteiger partial charge in [0.25, 0.3) is 0 Å². The lowest BCUT2D eigenvalue weighted by Crippen LogP contribution is -2.28. The van der Waals surface area contributed by atoms with Crippen molar-refractivity contribution in [1.29, 1.82) is 5.26 Å². The second-order valence-electron chi connectivity index (χ2n) is 5.10. The molecule has 0 bridgehead atoms. The Kier molecular flexibility index (Phi) is 5.57. The number of nitrogens with zero attached hydrogens (tertiary/aromatic N) is 2. The molecule has 0 aromatic heterocycles. The Bertz CT molecular complexity index is 477. The summed E-state index contributed by atoms with van der Waals surface area (Å²) in [4.78, 5) is 13.4. The highest BCUT2D eigenvalue weighted by Crippen LogP contribution is 2.17. The molecule has 0 saturated heterocycles. The van der Waals surface area contributed by atoms with Gasteiger partial charge in [0.2, 0.25) is 5.91 Å². The van der Waals surface area contributed by atoms with Crippen LogP contribution in [0, 0.1) is 32.1 Å². The van der Waals surface area contributed by atoms with Crippen LogP contribution in [0.5, 0.6) is 0 Å². The first-order chi connectivity index (χ1) is 8.95. The van der Waals surface area contributed by atoms with Crippen LogP contribution in [-0.2, 0) is 11.2 Å². The zero-order valence-electron chi connectivity index (χ0n) is 12.3. The highest BCUT2D eigenvalue weighted by Gasteiger charge is 2.10. The molecule has 0 fully saturated rings. The largest absolute Gasteiger partial charge is 0.345 e. The number of carbonyl (C=O) groups is 1.